The van der Waals surface area contributed by atoms with E-state index >= 15 is 0 Å². The van der Waals surface area contributed by atoms with Crippen LogP contribution in [0.5, 0.6) is 0 Å². The van der Waals surface area contributed by atoms with Crippen molar-refractivity contribution in [2.24, 2.45) is 5.41 Å². The lowest BCUT2D eigenvalue weighted by Gasteiger charge is -2.29. The Balaban J connectivity index is 1.81. The molecule has 80 valence electrons. The van der Waals surface area contributed by atoms with Crippen LogP contribution < -0.4 is 10.6 Å². The Morgan fingerprint density at radius 3 is 2.79 bits per heavy atom. The summed E-state index contributed by atoms with van der Waals surface area (Å²) in [6.45, 7) is 5.27. The second-order valence-electron chi connectivity index (χ2n) is 5.11. The fourth-order valence-electron chi connectivity index (χ4n) is 2.04. The molecular formula is C11H20N2O. The summed E-state index contributed by atoms with van der Waals surface area (Å²) in [7, 11) is 0. The molecular weight excluding hydrogens is 176 g/mol. The molecule has 2 fully saturated rings. The van der Waals surface area contributed by atoms with E-state index in [1.165, 1.54) is 0 Å². The molecule has 1 heterocycles. The molecule has 3 nitrogen and oxygen atoms in total. The second-order valence-corrected chi connectivity index (χ2v) is 5.11. The third kappa shape index (κ3) is 2.08. The molecule has 2 unspecified atom stereocenters. The summed E-state index contributed by atoms with van der Waals surface area (Å²) in [5.74, 6) is 0.275. The van der Waals surface area contributed by atoms with Crippen LogP contribution in [0.3, 0.4) is 0 Å². The maximum Gasteiger partial charge on any atom is 0.226 e. The molecule has 2 N–H and O–H groups in total. The van der Waals surface area contributed by atoms with Gasteiger partial charge in [0.25, 0.3) is 0 Å². The third-order valence-electron chi connectivity index (χ3n) is 3.51. The highest BCUT2D eigenvalue weighted by Crippen LogP contribution is 2.45. The minimum Gasteiger partial charge on any atom is -0.353 e. The van der Waals surface area contributed by atoms with Crippen molar-refractivity contribution in [1.82, 2.24) is 10.6 Å². The molecule has 1 aliphatic carbocycles. The first-order chi connectivity index (χ1) is 6.60. The first kappa shape index (κ1) is 9.97. The first-order valence-electron chi connectivity index (χ1n) is 5.64. The molecule has 0 radical (unpaired) electrons. The van der Waals surface area contributed by atoms with Gasteiger partial charge >= 0.3 is 0 Å². The molecule has 0 bridgehead atoms. The van der Waals surface area contributed by atoms with Crippen LogP contribution in [-0.2, 0) is 4.79 Å². The maximum absolute atomic E-state index is 11.8. The molecule has 2 rings (SSSR count). The van der Waals surface area contributed by atoms with Crippen molar-refractivity contribution in [3.63, 3.8) is 0 Å². The van der Waals surface area contributed by atoms with Crippen LogP contribution in [-0.4, -0.2) is 24.5 Å². The van der Waals surface area contributed by atoms with Gasteiger partial charge in [0.15, 0.2) is 0 Å². The van der Waals surface area contributed by atoms with Crippen LogP contribution in [0.25, 0.3) is 0 Å². The Morgan fingerprint density at radius 2 is 2.21 bits per heavy atom. The van der Waals surface area contributed by atoms with Crippen molar-refractivity contribution >= 4 is 5.91 Å². The monoisotopic (exact) mass is 196 g/mol. The van der Waals surface area contributed by atoms with E-state index in [0.717, 1.165) is 32.2 Å². The van der Waals surface area contributed by atoms with E-state index in [2.05, 4.69) is 24.5 Å². The smallest absolute Gasteiger partial charge is 0.226 e. The van der Waals surface area contributed by atoms with Crippen LogP contribution in [0, 0.1) is 5.41 Å². The van der Waals surface area contributed by atoms with Crippen LogP contribution in [0.1, 0.15) is 39.5 Å². The fourth-order valence-corrected chi connectivity index (χ4v) is 2.04. The molecule has 0 aromatic rings. The zero-order chi connectivity index (χ0) is 10.2. The molecule has 0 spiro atoms. The average Bonchev–Trinajstić information content (AvgIpc) is 2.85. The van der Waals surface area contributed by atoms with Crippen molar-refractivity contribution in [2.45, 2.75) is 51.6 Å². The van der Waals surface area contributed by atoms with Crippen LogP contribution in [0.15, 0.2) is 0 Å². The number of carbonyl (C=O) groups is 1. The van der Waals surface area contributed by atoms with Crippen molar-refractivity contribution < 1.29 is 4.79 Å². The standard InChI is InChI=1S/C11H20N2O/c1-8-7-9(3-6-12-8)13-10(14)11(2)4-5-11/h8-9,12H,3-7H2,1-2H3,(H,13,14). The summed E-state index contributed by atoms with van der Waals surface area (Å²) in [6, 6.07) is 0.942. The van der Waals surface area contributed by atoms with E-state index in [-0.39, 0.29) is 11.3 Å². The molecule has 1 saturated heterocycles. The Bertz CT molecular complexity index is 235. The molecule has 2 atom stereocenters. The summed E-state index contributed by atoms with van der Waals surface area (Å²) in [5, 5.41) is 6.56. The summed E-state index contributed by atoms with van der Waals surface area (Å²) < 4.78 is 0. The Kier molecular flexibility index (Phi) is 2.52. The van der Waals surface area contributed by atoms with Gasteiger partial charge in [0.05, 0.1) is 0 Å². The second kappa shape index (κ2) is 3.54. The van der Waals surface area contributed by atoms with E-state index in [0.29, 0.717) is 12.1 Å². The molecule has 0 aromatic heterocycles. The van der Waals surface area contributed by atoms with Gasteiger partial charge in [0.1, 0.15) is 0 Å². The minimum absolute atomic E-state index is 0.0197. The minimum atomic E-state index is -0.0197. The van der Waals surface area contributed by atoms with Crippen molar-refractivity contribution in [1.29, 1.82) is 0 Å². The molecule has 1 amide bonds. The number of nitrogens with one attached hydrogen (secondary N) is 2. The van der Waals surface area contributed by atoms with Gasteiger partial charge in [-0.3, -0.25) is 4.79 Å². The van der Waals surface area contributed by atoms with Crippen LogP contribution in [0.2, 0.25) is 0 Å². The summed E-state index contributed by atoms with van der Waals surface area (Å²) in [6.07, 6.45) is 4.28. The quantitative estimate of drug-likeness (QED) is 0.693. The predicted octanol–water partition coefficient (Wildman–Crippen LogP) is 1.04. The molecule has 0 aromatic carbocycles. The topological polar surface area (TPSA) is 41.1 Å². The predicted molar refractivity (Wildman–Crippen MR) is 56.0 cm³/mol. The Hall–Kier alpha value is -0.570. The van der Waals surface area contributed by atoms with Gasteiger partial charge in [-0.25, -0.2) is 0 Å². The number of carbonyl (C=O) groups excluding carboxylic acids is 1. The SMILES string of the molecule is CC1CC(NC(=O)C2(C)CC2)CCN1. The molecule has 1 aliphatic heterocycles. The summed E-state index contributed by atoms with van der Waals surface area (Å²) in [4.78, 5) is 11.8. The number of hydrogen-bond acceptors (Lipinski definition) is 2. The van der Waals surface area contributed by atoms with Crippen molar-refractivity contribution in [2.75, 3.05) is 6.54 Å². The zero-order valence-electron chi connectivity index (χ0n) is 9.10. The van der Waals surface area contributed by atoms with Gasteiger partial charge in [0, 0.05) is 17.5 Å². The van der Waals surface area contributed by atoms with E-state index < -0.39 is 0 Å². The number of amides is 1. The fraction of sp³-hybridized carbons (Fsp3) is 0.909. The molecule has 2 aliphatic rings. The number of hydrogen-bond donors (Lipinski definition) is 2. The Labute approximate surface area is 85.6 Å². The van der Waals surface area contributed by atoms with Gasteiger partial charge in [0.2, 0.25) is 5.91 Å². The van der Waals surface area contributed by atoms with E-state index in [9.17, 15) is 4.79 Å². The molecule has 1 saturated carbocycles. The normalized spacial score (nSPS) is 35.0. The van der Waals surface area contributed by atoms with Crippen LogP contribution >= 0.6 is 0 Å². The number of rotatable bonds is 2. The lowest BCUT2D eigenvalue weighted by molar-refractivity contribution is -0.126. The van der Waals surface area contributed by atoms with Crippen molar-refractivity contribution in [3.8, 4) is 0 Å². The zero-order valence-corrected chi connectivity index (χ0v) is 9.10. The van der Waals surface area contributed by atoms with Gasteiger partial charge in [-0.2, -0.15) is 0 Å². The highest BCUT2D eigenvalue weighted by Gasteiger charge is 2.45. The maximum atomic E-state index is 11.8. The third-order valence-corrected chi connectivity index (χ3v) is 3.51. The summed E-state index contributed by atoms with van der Waals surface area (Å²) in [5.41, 5.74) is -0.0197. The lowest BCUT2D eigenvalue weighted by atomic mass is 9.99. The van der Waals surface area contributed by atoms with Crippen molar-refractivity contribution in [3.05, 3.63) is 0 Å². The van der Waals surface area contributed by atoms with Gasteiger partial charge < -0.3 is 10.6 Å². The highest BCUT2D eigenvalue weighted by atomic mass is 16.2. The molecule has 14 heavy (non-hydrogen) atoms. The molecule has 3 heteroatoms. The van der Waals surface area contributed by atoms with E-state index in [1.807, 2.05) is 0 Å². The van der Waals surface area contributed by atoms with Crippen LogP contribution in [0.4, 0.5) is 0 Å². The van der Waals surface area contributed by atoms with Gasteiger partial charge in [-0.05, 0) is 39.2 Å². The van der Waals surface area contributed by atoms with Gasteiger partial charge in [-0.15, -0.1) is 0 Å². The number of piperidine rings is 1. The van der Waals surface area contributed by atoms with E-state index in [1.54, 1.807) is 0 Å². The van der Waals surface area contributed by atoms with Gasteiger partial charge in [-0.1, -0.05) is 6.92 Å². The summed E-state index contributed by atoms with van der Waals surface area (Å²) >= 11 is 0. The first-order valence-corrected chi connectivity index (χ1v) is 5.64. The lowest BCUT2D eigenvalue weighted by Crippen LogP contribution is -2.48. The highest BCUT2D eigenvalue weighted by molar-refractivity contribution is 5.85. The van der Waals surface area contributed by atoms with E-state index in [4.69, 9.17) is 0 Å². The largest absolute Gasteiger partial charge is 0.353 e. The average molecular weight is 196 g/mol. The Morgan fingerprint density at radius 1 is 1.50 bits per heavy atom.